The summed E-state index contributed by atoms with van der Waals surface area (Å²) in [5.74, 6) is 0.559. The van der Waals surface area contributed by atoms with E-state index in [9.17, 15) is 4.79 Å². The van der Waals surface area contributed by atoms with Crippen molar-refractivity contribution in [2.45, 2.75) is 18.9 Å². The van der Waals surface area contributed by atoms with Crippen LogP contribution < -0.4 is 9.47 Å². The molecule has 1 fully saturated rings. The zero-order chi connectivity index (χ0) is 16.9. The summed E-state index contributed by atoms with van der Waals surface area (Å²) in [4.78, 5) is 22.5. The molecule has 1 aliphatic heterocycles. The van der Waals surface area contributed by atoms with Crippen LogP contribution >= 0.6 is 15.9 Å². The summed E-state index contributed by atoms with van der Waals surface area (Å²) in [6.07, 6.45) is 3.19. The van der Waals surface area contributed by atoms with Crippen LogP contribution in [0.4, 0.5) is 0 Å². The molecule has 1 aromatic carbocycles. The molecular formula is C17H18BrN3O3. The molecule has 2 aromatic rings. The first kappa shape index (κ1) is 16.7. The Morgan fingerprint density at radius 2 is 1.92 bits per heavy atom. The normalized spacial score (nSPS) is 15.2. The third kappa shape index (κ3) is 4.03. The molecule has 1 aromatic heterocycles. The highest BCUT2D eigenvalue weighted by atomic mass is 79.9. The number of nitrogens with zero attached hydrogens (tertiary/aromatic N) is 3. The third-order valence-corrected chi connectivity index (χ3v) is 4.43. The van der Waals surface area contributed by atoms with Crippen LogP contribution in [0.25, 0.3) is 0 Å². The fraction of sp³-hybridized carbons (Fsp3) is 0.353. The molecule has 24 heavy (non-hydrogen) atoms. The smallest absolute Gasteiger partial charge is 0.319 e. The van der Waals surface area contributed by atoms with E-state index in [1.54, 1.807) is 12.3 Å². The van der Waals surface area contributed by atoms with Crippen LogP contribution in [0.1, 0.15) is 23.2 Å². The van der Waals surface area contributed by atoms with Crippen LogP contribution in [-0.2, 0) is 0 Å². The van der Waals surface area contributed by atoms with Gasteiger partial charge in [-0.2, -0.15) is 4.98 Å². The number of piperidine rings is 1. The Labute approximate surface area is 148 Å². The Morgan fingerprint density at radius 1 is 1.21 bits per heavy atom. The number of rotatable bonds is 4. The SMILES string of the molecule is COc1nccc(OC2CCN(C(=O)c3ccc(Br)cc3)CC2)n1. The highest BCUT2D eigenvalue weighted by Gasteiger charge is 2.25. The average Bonchev–Trinajstić information content (AvgIpc) is 2.62. The number of likely N-dealkylation sites (tertiary alicyclic amines) is 1. The van der Waals surface area contributed by atoms with E-state index in [-0.39, 0.29) is 18.0 Å². The van der Waals surface area contributed by atoms with Crippen molar-refractivity contribution >= 4 is 21.8 Å². The van der Waals surface area contributed by atoms with Crippen LogP contribution in [-0.4, -0.2) is 47.1 Å². The lowest BCUT2D eigenvalue weighted by atomic mass is 10.1. The second-order valence-corrected chi connectivity index (χ2v) is 6.41. The Morgan fingerprint density at radius 3 is 2.58 bits per heavy atom. The molecule has 0 saturated carbocycles. The maximum absolute atomic E-state index is 12.5. The fourth-order valence-corrected chi connectivity index (χ4v) is 2.88. The van der Waals surface area contributed by atoms with Gasteiger partial charge in [-0.05, 0) is 24.3 Å². The number of hydrogen-bond donors (Lipinski definition) is 0. The van der Waals surface area contributed by atoms with Crippen molar-refractivity contribution in [1.82, 2.24) is 14.9 Å². The largest absolute Gasteiger partial charge is 0.474 e. The fourth-order valence-electron chi connectivity index (χ4n) is 2.61. The summed E-state index contributed by atoms with van der Waals surface area (Å²) >= 11 is 3.38. The van der Waals surface area contributed by atoms with Crippen LogP contribution in [0, 0.1) is 0 Å². The minimum absolute atomic E-state index is 0.0403. The van der Waals surface area contributed by atoms with Crippen molar-refractivity contribution < 1.29 is 14.3 Å². The van der Waals surface area contributed by atoms with E-state index in [4.69, 9.17) is 9.47 Å². The Kier molecular flexibility index (Phi) is 5.30. The van der Waals surface area contributed by atoms with Gasteiger partial charge in [-0.3, -0.25) is 4.79 Å². The van der Waals surface area contributed by atoms with Gasteiger partial charge in [0.25, 0.3) is 5.91 Å². The van der Waals surface area contributed by atoms with Gasteiger partial charge in [0.1, 0.15) is 6.10 Å². The zero-order valence-electron chi connectivity index (χ0n) is 13.3. The molecule has 6 nitrogen and oxygen atoms in total. The molecular weight excluding hydrogens is 374 g/mol. The van der Waals surface area contributed by atoms with E-state index in [2.05, 4.69) is 25.9 Å². The molecule has 0 spiro atoms. The van der Waals surface area contributed by atoms with Crippen molar-refractivity contribution in [2.75, 3.05) is 20.2 Å². The third-order valence-electron chi connectivity index (χ3n) is 3.90. The van der Waals surface area contributed by atoms with Crippen LogP contribution in [0.3, 0.4) is 0 Å². The number of aromatic nitrogens is 2. The minimum atomic E-state index is 0.0403. The van der Waals surface area contributed by atoms with Gasteiger partial charge in [0, 0.05) is 48.2 Å². The zero-order valence-corrected chi connectivity index (χ0v) is 14.9. The standard InChI is InChI=1S/C17H18BrN3O3/c1-23-17-19-9-6-15(20-17)24-14-7-10-21(11-8-14)16(22)12-2-4-13(18)5-3-12/h2-6,9,14H,7-8,10-11H2,1H3. The van der Waals surface area contributed by atoms with E-state index in [1.807, 2.05) is 29.2 Å². The molecule has 0 radical (unpaired) electrons. The van der Waals surface area contributed by atoms with Gasteiger partial charge in [-0.25, -0.2) is 4.98 Å². The second kappa shape index (κ2) is 7.61. The van der Waals surface area contributed by atoms with Crippen molar-refractivity contribution in [1.29, 1.82) is 0 Å². The highest BCUT2D eigenvalue weighted by Crippen LogP contribution is 2.20. The summed E-state index contributed by atoms with van der Waals surface area (Å²) < 4.78 is 11.8. The number of halogens is 1. The van der Waals surface area contributed by atoms with Crippen LogP contribution in [0.2, 0.25) is 0 Å². The van der Waals surface area contributed by atoms with Gasteiger partial charge < -0.3 is 14.4 Å². The molecule has 2 heterocycles. The lowest BCUT2D eigenvalue weighted by molar-refractivity contribution is 0.0586. The molecule has 0 unspecified atom stereocenters. The molecule has 0 atom stereocenters. The highest BCUT2D eigenvalue weighted by molar-refractivity contribution is 9.10. The molecule has 1 amide bonds. The molecule has 0 aliphatic carbocycles. The predicted octanol–water partition coefficient (Wildman–Crippen LogP) is 2.93. The van der Waals surface area contributed by atoms with E-state index < -0.39 is 0 Å². The average molecular weight is 392 g/mol. The first-order valence-electron chi connectivity index (χ1n) is 7.74. The quantitative estimate of drug-likeness (QED) is 0.801. The van der Waals surface area contributed by atoms with Gasteiger partial charge in [-0.15, -0.1) is 0 Å². The maximum Gasteiger partial charge on any atom is 0.319 e. The van der Waals surface area contributed by atoms with Gasteiger partial charge in [-0.1, -0.05) is 15.9 Å². The monoisotopic (exact) mass is 391 g/mol. The number of carbonyl (C=O) groups is 1. The van der Waals surface area contributed by atoms with Crippen LogP contribution in [0.15, 0.2) is 41.0 Å². The van der Waals surface area contributed by atoms with Gasteiger partial charge in [0.2, 0.25) is 5.88 Å². The summed E-state index contributed by atoms with van der Waals surface area (Å²) in [6, 6.07) is 9.43. The molecule has 1 aliphatic rings. The lowest BCUT2D eigenvalue weighted by Gasteiger charge is -2.32. The number of methoxy groups -OCH3 is 1. The summed E-state index contributed by atoms with van der Waals surface area (Å²) in [6.45, 7) is 1.34. The summed E-state index contributed by atoms with van der Waals surface area (Å²) in [5.41, 5.74) is 0.707. The van der Waals surface area contributed by atoms with Crippen molar-refractivity contribution in [3.63, 3.8) is 0 Å². The van der Waals surface area contributed by atoms with Crippen molar-refractivity contribution in [3.8, 4) is 11.9 Å². The Hall–Kier alpha value is -2.15. The predicted molar refractivity (Wildman–Crippen MR) is 92.3 cm³/mol. The van der Waals surface area contributed by atoms with Crippen molar-refractivity contribution in [2.24, 2.45) is 0 Å². The molecule has 0 bridgehead atoms. The van der Waals surface area contributed by atoms with Gasteiger partial charge >= 0.3 is 6.01 Å². The van der Waals surface area contributed by atoms with Gasteiger partial charge in [0.15, 0.2) is 0 Å². The second-order valence-electron chi connectivity index (χ2n) is 5.50. The summed E-state index contributed by atoms with van der Waals surface area (Å²) in [5, 5.41) is 0. The van der Waals surface area contributed by atoms with Crippen LogP contribution in [0.5, 0.6) is 11.9 Å². The minimum Gasteiger partial charge on any atom is -0.474 e. The molecule has 0 N–H and O–H groups in total. The first-order valence-corrected chi connectivity index (χ1v) is 8.53. The summed E-state index contributed by atoms with van der Waals surface area (Å²) in [7, 11) is 1.52. The lowest BCUT2D eigenvalue weighted by Crippen LogP contribution is -2.41. The molecule has 1 saturated heterocycles. The molecule has 126 valence electrons. The number of hydrogen-bond acceptors (Lipinski definition) is 5. The number of benzene rings is 1. The number of ether oxygens (including phenoxy) is 2. The number of amides is 1. The van der Waals surface area contributed by atoms with Crippen molar-refractivity contribution in [3.05, 3.63) is 46.6 Å². The first-order chi connectivity index (χ1) is 11.7. The van der Waals surface area contributed by atoms with E-state index in [0.717, 1.165) is 17.3 Å². The molecule has 7 heteroatoms. The van der Waals surface area contributed by atoms with E-state index in [0.29, 0.717) is 24.5 Å². The Balaban J connectivity index is 1.55. The molecule has 3 rings (SSSR count). The van der Waals surface area contributed by atoms with E-state index in [1.165, 1.54) is 7.11 Å². The number of carbonyl (C=O) groups excluding carboxylic acids is 1. The topological polar surface area (TPSA) is 64.6 Å². The van der Waals surface area contributed by atoms with E-state index >= 15 is 0 Å². The Bertz CT molecular complexity index is 700. The van der Waals surface area contributed by atoms with Gasteiger partial charge in [0.05, 0.1) is 7.11 Å². The maximum atomic E-state index is 12.5.